The first kappa shape index (κ1) is 16.5. The lowest BCUT2D eigenvalue weighted by Gasteiger charge is -2.18. The van der Waals surface area contributed by atoms with Crippen LogP contribution < -0.4 is 0 Å². The highest BCUT2D eigenvalue weighted by Crippen LogP contribution is 2.17. The highest BCUT2D eigenvalue weighted by molar-refractivity contribution is 7.86. The zero-order valence-electron chi connectivity index (χ0n) is 9.54. The van der Waals surface area contributed by atoms with Gasteiger partial charge in [-0.05, 0) is 20.3 Å². The SMILES string of the molecule is CC(C)(COS(=O)(=O)CCCS(=O)[O-])C(=O)O. The number of rotatable bonds is 8. The second-order valence-electron chi connectivity index (χ2n) is 4.07. The van der Waals surface area contributed by atoms with Gasteiger partial charge in [0.1, 0.15) is 0 Å². The fraction of sp³-hybridized carbons (Fsp3) is 0.875. The molecule has 0 radical (unpaired) electrons. The molecule has 0 saturated heterocycles. The molecule has 0 amide bonds. The number of hydrogen-bond donors (Lipinski definition) is 1. The second kappa shape index (κ2) is 6.43. The van der Waals surface area contributed by atoms with Gasteiger partial charge in [-0.25, -0.2) is 0 Å². The van der Waals surface area contributed by atoms with Gasteiger partial charge >= 0.3 is 5.97 Å². The summed E-state index contributed by atoms with van der Waals surface area (Å²) in [6, 6.07) is 0. The Bertz CT molecular complexity index is 385. The van der Waals surface area contributed by atoms with E-state index in [-0.39, 0.29) is 12.2 Å². The van der Waals surface area contributed by atoms with Gasteiger partial charge in [0.15, 0.2) is 0 Å². The molecule has 1 N–H and O–H groups in total. The lowest BCUT2D eigenvalue weighted by molar-refractivity contribution is -0.148. The maximum atomic E-state index is 11.3. The minimum Gasteiger partial charge on any atom is -0.772 e. The third-order valence-corrected chi connectivity index (χ3v) is 3.77. The fourth-order valence-electron chi connectivity index (χ4n) is 0.711. The molecule has 0 aromatic carbocycles. The van der Waals surface area contributed by atoms with Crippen LogP contribution in [0.25, 0.3) is 0 Å². The van der Waals surface area contributed by atoms with Crippen molar-refractivity contribution in [2.75, 3.05) is 18.1 Å². The van der Waals surface area contributed by atoms with Gasteiger partial charge < -0.3 is 9.66 Å². The molecule has 1 unspecified atom stereocenters. The van der Waals surface area contributed by atoms with E-state index in [9.17, 15) is 22.0 Å². The molecular weight excluding hydrogens is 272 g/mol. The molecule has 0 aromatic rings. The van der Waals surface area contributed by atoms with Crippen molar-refractivity contribution in [1.29, 1.82) is 0 Å². The van der Waals surface area contributed by atoms with Crippen LogP contribution in [0.3, 0.4) is 0 Å². The fourth-order valence-corrected chi connectivity index (χ4v) is 2.36. The smallest absolute Gasteiger partial charge is 0.311 e. The van der Waals surface area contributed by atoms with Crippen LogP contribution in [-0.2, 0) is 30.2 Å². The molecule has 0 aromatic heterocycles. The Hall–Kier alpha value is -0.510. The summed E-state index contributed by atoms with van der Waals surface area (Å²) < 4.78 is 47.4. The highest BCUT2D eigenvalue weighted by atomic mass is 32.2. The molecule has 0 aliphatic heterocycles. The number of carboxylic acid groups (broad SMARTS) is 1. The Morgan fingerprint density at radius 3 is 2.41 bits per heavy atom. The van der Waals surface area contributed by atoms with Crippen molar-refractivity contribution in [3.05, 3.63) is 0 Å². The summed E-state index contributed by atoms with van der Waals surface area (Å²) in [5.74, 6) is -1.89. The summed E-state index contributed by atoms with van der Waals surface area (Å²) in [6.07, 6.45) is -0.0774. The zero-order valence-corrected chi connectivity index (χ0v) is 11.2. The Kier molecular flexibility index (Phi) is 6.24. The molecule has 102 valence electrons. The molecule has 0 rings (SSSR count). The van der Waals surface area contributed by atoms with E-state index in [1.54, 1.807) is 0 Å². The van der Waals surface area contributed by atoms with E-state index in [0.717, 1.165) is 0 Å². The van der Waals surface area contributed by atoms with Crippen LogP contribution >= 0.6 is 0 Å². The Labute approximate surface area is 103 Å². The van der Waals surface area contributed by atoms with Crippen LogP contribution in [0.1, 0.15) is 20.3 Å². The molecule has 17 heavy (non-hydrogen) atoms. The van der Waals surface area contributed by atoms with Crippen molar-refractivity contribution in [2.24, 2.45) is 5.41 Å². The summed E-state index contributed by atoms with van der Waals surface area (Å²) in [6.45, 7) is 2.18. The predicted molar refractivity (Wildman–Crippen MR) is 59.6 cm³/mol. The number of carboxylic acids is 1. The summed E-state index contributed by atoms with van der Waals surface area (Å²) in [5, 5.41) is 8.73. The monoisotopic (exact) mass is 287 g/mol. The third kappa shape index (κ3) is 7.42. The first-order valence-electron chi connectivity index (χ1n) is 4.73. The van der Waals surface area contributed by atoms with Gasteiger partial charge in [0.25, 0.3) is 10.1 Å². The van der Waals surface area contributed by atoms with Crippen LogP contribution in [0.5, 0.6) is 0 Å². The van der Waals surface area contributed by atoms with Crippen LogP contribution in [-0.4, -0.2) is 46.4 Å². The summed E-state index contributed by atoms with van der Waals surface area (Å²) >= 11 is -2.29. The lowest BCUT2D eigenvalue weighted by Crippen LogP contribution is -2.31. The van der Waals surface area contributed by atoms with Gasteiger partial charge in [0.2, 0.25) is 0 Å². The minimum absolute atomic E-state index is 0.0774. The zero-order chi connectivity index (χ0) is 13.7. The van der Waals surface area contributed by atoms with E-state index in [2.05, 4.69) is 4.18 Å². The maximum absolute atomic E-state index is 11.3. The predicted octanol–water partition coefficient (Wildman–Crippen LogP) is -0.287. The molecule has 9 heteroatoms. The van der Waals surface area contributed by atoms with Gasteiger partial charge in [-0.1, -0.05) is 11.1 Å². The van der Waals surface area contributed by atoms with Crippen molar-refractivity contribution in [2.45, 2.75) is 20.3 Å². The maximum Gasteiger partial charge on any atom is 0.311 e. The molecule has 0 saturated carbocycles. The Morgan fingerprint density at radius 2 is 2.00 bits per heavy atom. The Balaban J connectivity index is 4.19. The first-order chi connectivity index (χ1) is 7.57. The van der Waals surface area contributed by atoms with Crippen LogP contribution in [0.4, 0.5) is 0 Å². The largest absolute Gasteiger partial charge is 0.772 e. The molecule has 7 nitrogen and oxygen atoms in total. The molecule has 0 spiro atoms. The molecule has 1 atom stereocenters. The van der Waals surface area contributed by atoms with Crippen molar-refractivity contribution < 1.29 is 31.3 Å². The summed E-state index contributed by atoms with van der Waals surface area (Å²) in [4.78, 5) is 10.7. The van der Waals surface area contributed by atoms with Crippen molar-refractivity contribution in [1.82, 2.24) is 0 Å². The highest BCUT2D eigenvalue weighted by Gasteiger charge is 2.29. The number of carbonyl (C=O) groups is 1. The van der Waals surface area contributed by atoms with E-state index in [4.69, 9.17) is 5.11 Å². The molecule has 0 fully saturated rings. The average molecular weight is 287 g/mol. The van der Waals surface area contributed by atoms with Crippen molar-refractivity contribution >= 4 is 27.2 Å². The molecular formula is C8H15O7S2-. The molecule has 0 heterocycles. The molecule has 0 aliphatic rings. The quantitative estimate of drug-likeness (QED) is 0.481. The molecule has 0 aliphatic carbocycles. The van der Waals surface area contributed by atoms with Crippen LogP contribution in [0, 0.1) is 5.41 Å². The summed E-state index contributed by atoms with van der Waals surface area (Å²) in [5.41, 5.74) is -1.31. The normalized spacial score (nSPS) is 14.5. The summed E-state index contributed by atoms with van der Waals surface area (Å²) in [7, 11) is -3.88. The van der Waals surface area contributed by atoms with E-state index >= 15 is 0 Å². The minimum atomic E-state index is -3.88. The van der Waals surface area contributed by atoms with Gasteiger partial charge in [-0.2, -0.15) is 8.42 Å². The topological polar surface area (TPSA) is 121 Å². The van der Waals surface area contributed by atoms with E-state index in [1.165, 1.54) is 13.8 Å². The third-order valence-electron chi connectivity index (χ3n) is 1.88. The average Bonchev–Trinajstić information content (AvgIpc) is 2.14. The molecule has 0 bridgehead atoms. The first-order valence-corrected chi connectivity index (χ1v) is 7.55. The van der Waals surface area contributed by atoms with Gasteiger partial charge in [-0.3, -0.25) is 13.2 Å². The lowest BCUT2D eigenvalue weighted by atomic mass is 9.96. The van der Waals surface area contributed by atoms with Gasteiger partial charge in [0.05, 0.1) is 17.8 Å². The standard InChI is InChI=1S/C8H16O7S2/c1-8(2,7(9)10)6-15-17(13,14)5-3-4-16(11)12/h3-6H2,1-2H3,(H,9,10)(H,11,12)/p-1. The van der Waals surface area contributed by atoms with Gasteiger partial charge in [0, 0.05) is 5.75 Å². The van der Waals surface area contributed by atoms with Crippen molar-refractivity contribution in [3.63, 3.8) is 0 Å². The van der Waals surface area contributed by atoms with E-state index in [1.807, 2.05) is 0 Å². The Morgan fingerprint density at radius 1 is 1.47 bits per heavy atom. The number of hydrogen-bond acceptors (Lipinski definition) is 6. The van der Waals surface area contributed by atoms with Crippen LogP contribution in [0.15, 0.2) is 0 Å². The second-order valence-corrected chi connectivity index (χ2v) is 6.85. The number of aliphatic carboxylic acids is 1. The van der Waals surface area contributed by atoms with Crippen molar-refractivity contribution in [3.8, 4) is 0 Å². The van der Waals surface area contributed by atoms with E-state index in [0.29, 0.717) is 0 Å². The van der Waals surface area contributed by atoms with E-state index < -0.39 is 44.9 Å². The van der Waals surface area contributed by atoms with Gasteiger partial charge in [-0.15, -0.1) is 0 Å². The van der Waals surface area contributed by atoms with Crippen LogP contribution in [0.2, 0.25) is 0 Å².